The van der Waals surface area contributed by atoms with Crippen molar-refractivity contribution in [3.05, 3.63) is 53.6 Å². The van der Waals surface area contributed by atoms with E-state index in [0.29, 0.717) is 17.8 Å². The molecule has 6 atom stereocenters. The summed E-state index contributed by atoms with van der Waals surface area (Å²) in [6.45, 7) is 2.31. The number of aliphatic hydroxyl groups excluding tert-OH is 1. The second-order valence-corrected chi connectivity index (χ2v) is 9.87. The number of methoxy groups -OCH3 is 1. The van der Waals surface area contributed by atoms with Crippen LogP contribution in [0, 0.1) is 17.3 Å². The lowest BCUT2D eigenvalue weighted by Gasteiger charge is -2.50. The van der Waals surface area contributed by atoms with Gasteiger partial charge in [0.15, 0.2) is 0 Å². The van der Waals surface area contributed by atoms with Gasteiger partial charge in [0.1, 0.15) is 11.5 Å². The summed E-state index contributed by atoms with van der Waals surface area (Å²) in [7, 11) is 3.75. The van der Waals surface area contributed by atoms with Crippen molar-refractivity contribution in [2.24, 2.45) is 17.3 Å². The molecule has 2 N–H and O–H groups in total. The number of phenols is 1. The maximum atomic E-state index is 11.5. The Kier molecular flexibility index (Phi) is 4.73. The summed E-state index contributed by atoms with van der Waals surface area (Å²) >= 11 is 0. The molecule has 3 aliphatic carbocycles. The summed E-state index contributed by atoms with van der Waals surface area (Å²) in [5.41, 5.74) is 3.69. The average molecular weight is 408 g/mol. The van der Waals surface area contributed by atoms with Crippen LogP contribution in [0.1, 0.15) is 49.7 Å². The molecule has 2 aromatic rings. The lowest BCUT2D eigenvalue weighted by Crippen LogP contribution is -2.47. The number of fused-ring (bicyclic) bond motifs is 5. The quantitative estimate of drug-likeness (QED) is 0.772. The van der Waals surface area contributed by atoms with E-state index in [4.69, 9.17) is 4.74 Å². The number of hydrogen-bond acceptors (Lipinski definition) is 4. The first-order chi connectivity index (χ1) is 14.4. The number of aliphatic hydroxyl groups is 1. The van der Waals surface area contributed by atoms with Crippen molar-refractivity contribution in [2.75, 3.05) is 19.1 Å². The standard InChI is InChI=1S/C26H33NO3/c1-26-13-12-19-18-11-9-17(30-3)14-16(18)8-10-20(19)21(26)15-23(25(26)29)27(2)22-6-4-5-7-24(22)28/h4-7,9,11,14,19-21,23,25,28-29H,8,10,12-13,15H2,1-3H3/t19-,20-,21+,23+,25-,26+/m1/s1. The van der Waals surface area contributed by atoms with Crippen LogP contribution < -0.4 is 9.64 Å². The number of aromatic hydroxyl groups is 1. The summed E-state index contributed by atoms with van der Waals surface area (Å²) in [5, 5.41) is 21.8. The van der Waals surface area contributed by atoms with Gasteiger partial charge in [0, 0.05) is 7.05 Å². The van der Waals surface area contributed by atoms with Crippen molar-refractivity contribution in [1.29, 1.82) is 0 Å². The number of hydrogen-bond donors (Lipinski definition) is 2. The van der Waals surface area contributed by atoms with Crippen LogP contribution in [0.5, 0.6) is 11.5 Å². The molecule has 0 spiro atoms. The molecule has 0 saturated heterocycles. The van der Waals surface area contributed by atoms with E-state index >= 15 is 0 Å². The summed E-state index contributed by atoms with van der Waals surface area (Å²) in [4.78, 5) is 2.11. The zero-order valence-electron chi connectivity index (χ0n) is 18.2. The van der Waals surface area contributed by atoms with Crippen LogP contribution in [0.2, 0.25) is 0 Å². The Morgan fingerprint density at radius 3 is 2.70 bits per heavy atom. The van der Waals surface area contributed by atoms with Crippen molar-refractivity contribution in [1.82, 2.24) is 0 Å². The average Bonchev–Trinajstić information content (AvgIpc) is 3.04. The van der Waals surface area contributed by atoms with E-state index < -0.39 is 0 Å². The van der Waals surface area contributed by atoms with E-state index in [1.54, 1.807) is 13.2 Å². The number of rotatable bonds is 3. The van der Waals surface area contributed by atoms with Gasteiger partial charge in [-0.3, -0.25) is 0 Å². The fourth-order valence-corrected chi connectivity index (χ4v) is 6.98. The smallest absolute Gasteiger partial charge is 0.138 e. The third kappa shape index (κ3) is 2.84. The van der Waals surface area contributed by atoms with Crippen molar-refractivity contribution in [3.8, 4) is 11.5 Å². The maximum absolute atomic E-state index is 11.5. The van der Waals surface area contributed by atoms with Crippen LogP contribution >= 0.6 is 0 Å². The molecule has 0 radical (unpaired) electrons. The number of ether oxygens (including phenoxy) is 1. The molecule has 0 unspecified atom stereocenters. The fourth-order valence-electron chi connectivity index (χ4n) is 6.98. The van der Waals surface area contributed by atoms with E-state index in [-0.39, 0.29) is 23.3 Å². The number of aryl methyl sites for hydroxylation is 1. The molecule has 0 aromatic heterocycles. The lowest BCUT2D eigenvalue weighted by molar-refractivity contribution is -0.0258. The molecule has 160 valence electrons. The van der Waals surface area contributed by atoms with Gasteiger partial charge in [-0.2, -0.15) is 0 Å². The maximum Gasteiger partial charge on any atom is 0.138 e. The zero-order chi connectivity index (χ0) is 21.0. The highest BCUT2D eigenvalue weighted by molar-refractivity contribution is 5.58. The van der Waals surface area contributed by atoms with E-state index in [2.05, 4.69) is 30.0 Å². The molecule has 0 amide bonds. The third-order valence-electron chi connectivity index (χ3n) is 8.67. The number of benzene rings is 2. The molecular formula is C26H33NO3. The first-order valence-corrected chi connectivity index (χ1v) is 11.3. The Morgan fingerprint density at radius 2 is 1.93 bits per heavy atom. The topological polar surface area (TPSA) is 52.9 Å². The van der Waals surface area contributed by atoms with Crippen molar-refractivity contribution < 1.29 is 14.9 Å². The zero-order valence-corrected chi connectivity index (χ0v) is 18.2. The predicted molar refractivity (Wildman–Crippen MR) is 119 cm³/mol. The van der Waals surface area contributed by atoms with Crippen LogP contribution in [0.4, 0.5) is 5.69 Å². The highest BCUT2D eigenvalue weighted by Gasteiger charge is 2.58. The van der Waals surface area contributed by atoms with Crippen LogP contribution in [0.25, 0.3) is 0 Å². The largest absolute Gasteiger partial charge is 0.506 e. The molecule has 4 heteroatoms. The summed E-state index contributed by atoms with van der Waals surface area (Å²) in [5.74, 6) is 2.93. The fraction of sp³-hybridized carbons (Fsp3) is 0.538. The lowest BCUT2D eigenvalue weighted by atomic mass is 9.55. The predicted octanol–water partition coefficient (Wildman–Crippen LogP) is 4.73. The summed E-state index contributed by atoms with van der Waals surface area (Å²) < 4.78 is 5.45. The summed E-state index contributed by atoms with van der Waals surface area (Å²) in [6, 6.07) is 14.1. The molecule has 0 aliphatic heterocycles. The number of nitrogens with zero attached hydrogens (tertiary/aromatic N) is 1. The second kappa shape index (κ2) is 7.19. The summed E-state index contributed by atoms with van der Waals surface area (Å²) in [6.07, 6.45) is 5.07. The molecule has 2 aromatic carbocycles. The van der Waals surface area contributed by atoms with Gasteiger partial charge in [-0.15, -0.1) is 0 Å². The molecule has 30 heavy (non-hydrogen) atoms. The minimum Gasteiger partial charge on any atom is -0.506 e. The van der Waals surface area contributed by atoms with E-state index in [0.717, 1.165) is 37.1 Å². The Balaban J connectivity index is 1.45. The van der Waals surface area contributed by atoms with Gasteiger partial charge in [-0.1, -0.05) is 25.1 Å². The van der Waals surface area contributed by atoms with E-state index in [1.165, 1.54) is 17.5 Å². The van der Waals surface area contributed by atoms with Gasteiger partial charge in [-0.25, -0.2) is 0 Å². The number of anilines is 1. The Bertz CT molecular complexity index is 944. The van der Waals surface area contributed by atoms with Crippen LogP contribution in [0.3, 0.4) is 0 Å². The van der Waals surface area contributed by atoms with Crippen molar-refractivity contribution >= 4 is 5.69 Å². The van der Waals surface area contributed by atoms with Gasteiger partial charge in [-0.05, 0) is 90.7 Å². The molecular weight excluding hydrogens is 374 g/mol. The Hall–Kier alpha value is -2.20. The monoisotopic (exact) mass is 407 g/mol. The third-order valence-corrected chi connectivity index (χ3v) is 8.67. The second-order valence-electron chi connectivity index (χ2n) is 9.87. The first kappa shape index (κ1) is 19.7. The highest BCUT2D eigenvalue weighted by atomic mass is 16.5. The molecule has 0 heterocycles. The van der Waals surface area contributed by atoms with Crippen LogP contribution in [-0.2, 0) is 6.42 Å². The van der Waals surface area contributed by atoms with Gasteiger partial charge < -0.3 is 19.8 Å². The van der Waals surface area contributed by atoms with Crippen LogP contribution in [0.15, 0.2) is 42.5 Å². The Labute approximate surface area is 179 Å². The SMILES string of the molecule is COc1ccc2c(c1)CC[C@@H]1[C@@H]2CC[C@]2(C)[C@H](O)[C@@H](N(C)c3ccccc3O)C[C@@H]12. The molecule has 2 fully saturated rings. The number of phenolic OH excluding ortho intramolecular Hbond substituents is 1. The number of para-hydroxylation sites is 2. The van der Waals surface area contributed by atoms with E-state index in [1.807, 2.05) is 25.2 Å². The van der Waals surface area contributed by atoms with Crippen molar-refractivity contribution in [2.45, 2.75) is 57.1 Å². The Morgan fingerprint density at radius 1 is 1.13 bits per heavy atom. The highest BCUT2D eigenvalue weighted by Crippen LogP contribution is 2.61. The number of likely N-dealkylation sites (N-methyl/N-ethyl adjacent to an activating group) is 1. The van der Waals surface area contributed by atoms with Gasteiger partial charge in [0.25, 0.3) is 0 Å². The minimum atomic E-state index is -0.384. The minimum absolute atomic E-state index is 0.0318. The molecule has 3 aliphatic rings. The van der Waals surface area contributed by atoms with Crippen LogP contribution in [-0.4, -0.2) is 36.5 Å². The van der Waals surface area contributed by atoms with Gasteiger partial charge in [0.2, 0.25) is 0 Å². The van der Waals surface area contributed by atoms with E-state index in [9.17, 15) is 10.2 Å². The molecule has 5 rings (SSSR count). The van der Waals surface area contributed by atoms with Gasteiger partial charge in [0.05, 0.1) is 24.9 Å². The van der Waals surface area contributed by atoms with Gasteiger partial charge >= 0.3 is 0 Å². The molecule has 2 saturated carbocycles. The first-order valence-electron chi connectivity index (χ1n) is 11.3. The van der Waals surface area contributed by atoms with Crippen molar-refractivity contribution in [3.63, 3.8) is 0 Å². The normalized spacial score (nSPS) is 34.6. The molecule has 4 nitrogen and oxygen atoms in total. The molecule has 0 bridgehead atoms.